The van der Waals surface area contributed by atoms with Crippen LogP contribution < -0.4 is 0 Å². The van der Waals surface area contributed by atoms with Gasteiger partial charge in [-0.25, -0.2) is 4.98 Å². The van der Waals surface area contributed by atoms with E-state index in [1.165, 1.54) is 0 Å². The molecule has 0 aliphatic rings. The van der Waals surface area contributed by atoms with Gasteiger partial charge in [0.15, 0.2) is 0 Å². The third-order valence-electron chi connectivity index (χ3n) is 3.36. The van der Waals surface area contributed by atoms with E-state index in [1.807, 2.05) is 36.4 Å². The average Bonchev–Trinajstić information content (AvgIpc) is 2.47. The van der Waals surface area contributed by atoms with Gasteiger partial charge in [0.05, 0.1) is 0 Å². The molecule has 0 saturated carbocycles. The zero-order valence-corrected chi connectivity index (χ0v) is 11.0. The van der Waals surface area contributed by atoms with Crippen LogP contribution in [0.25, 0.3) is 10.9 Å². The summed E-state index contributed by atoms with van der Waals surface area (Å²) in [4.78, 5) is 4.51. The third kappa shape index (κ3) is 2.57. The van der Waals surface area contributed by atoms with E-state index in [9.17, 15) is 10.2 Å². The number of aromatic nitrogens is 1. The normalized spacial score (nSPS) is 10.8. The van der Waals surface area contributed by atoms with Crippen molar-refractivity contribution in [2.45, 2.75) is 12.8 Å². The number of aromatic hydroxyl groups is 2. The Morgan fingerprint density at radius 2 is 1.60 bits per heavy atom. The second-order valence-electron chi connectivity index (χ2n) is 4.82. The molecule has 100 valence electrons. The summed E-state index contributed by atoms with van der Waals surface area (Å²) in [6.07, 6.45) is 1.65. The summed E-state index contributed by atoms with van der Waals surface area (Å²) in [5, 5.41) is 20.0. The second kappa shape index (κ2) is 5.21. The maximum absolute atomic E-state index is 9.82. The molecule has 0 fully saturated rings. The number of phenols is 2. The zero-order valence-electron chi connectivity index (χ0n) is 11.0. The molecule has 3 aromatic rings. The second-order valence-corrected chi connectivity index (χ2v) is 4.82. The molecular weight excluding hydrogens is 250 g/mol. The van der Waals surface area contributed by atoms with Crippen molar-refractivity contribution in [3.05, 3.63) is 65.9 Å². The highest BCUT2D eigenvalue weighted by molar-refractivity contribution is 5.84. The molecule has 0 unspecified atom stereocenters. The maximum Gasteiger partial charge on any atom is 0.141 e. The number of phenolic OH excluding ortho intramolecular Hbond substituents is 2. The molecular formula is C17H15NO2. The minimum Gasteiger partial charge on any atom is -0.508 e. The lowest BCUT2D eigenvalue weighted by atomic mass is 10.1. The Hall–Kier alpha value is -2.55. The standard InChI is InChI=1S/C17H15NO2/c19-15-10-5-12(6-11-15)4-8-14-9-7-13-2-1-3-16(20)17(13)18-14/h1-3,5-7,9-11,19-20H,4,8H2. The van der Waals surface area contributed by atoms with Crippen molar-refractivity contribution in [3.8, 4) is 11.5 Å². The lowest BCUT2D eigenvalue weighted by molar-refractivity contribution is 0.475. The number of hydrogen-bond donors (Lipinski definition) is 2. The van der Waals surface area contributed by atoms with Crippen LogP contribution in [0, 0.1) is 0 Å². The van der Waals surface area contributed by atoms with Gasteiger partial charge in [0.25, 0.3) is 0 Å². The highest BCUT2D eigenvalue weighted by Gasteiger charge is 2.03. The SMILES string of the molecule is Oc1ccc(CCc2ccc3cccc(O)c3n2)cc1. The molecule has 3 rings (SSSR count). The number of fused-ring (bicyclic) bond motifs is 1. The Kier molecular flexibility index (Phi) is 3.25. The van der Waals surface area contributed by atoms with Crippen LogP contribution in [0.3, 0.4) is 0 Å². The van der Waals surface area contributed by atoms with E-state index in [0.717, 1.165) is 29.5 Å². The van der Waals surface area contributed by atoms with E-state index in [4.69, 9.17) is 0 Å². The van der Waals surface area contributed by atoms with Gasteiger partial charge in [-0.1, -0.05) is 30.3 Å². The van der Waals surface area contributed by atoms with E-state index < -0.39 is 0 Å². The van der Waals surface area contributed by atoms with Crippen molar-refractivity contribution in [3.63, 3.8) is 0 Å². The Balaban J connectivity index is 1.81. The van der Waals surface area contributed by atoms with Crippen LogP contribution in [0.15, 0.2) is 54.6 Å². The molecule has 0 amide bonds. The highest BCUT2D eigenvalue weighted by atomic mass is 16.3. The molecule has 0 saturated heterocycles. The minimum atomic E-state index is 0.217. The van der Waals surface area contributed by atoms with Gasteiger partial charge < -0.3 is 10.2 Å². The summed E-state index contributed by atoms with van der Waals surface area (Å²) in [6, 6.07) is 16.6. The fraction of sp³-hybridized carbons (Fsp3) is 0.118. The van der Waals surface area contributed by atoms with Crippen LogP contribution in [0.5, 0.6) is 11.5 Å². The van der Waals surface area contributed by atoms with Gasteiger partial charge in [-0.2, -0.15) is 0 Å². The van der Waals surface area contributed by atoms with E-state index in [2.05, 4.69) is 4.98 Å². The van der Waals surface area contributed by atoms with Crippen molar-refractivity contribution < 1.29 is 10.2 Å². The molecule has 0 spiro atoms. The molecule has 2 aromatic carbocycles. The molecule has 0 aliphatic heterocycles. The maximum atomic E-state index is 9.82. The lowest BCUT2D eigenvalue weighted by Crippen LogP contribution is -1.95. The Bertz CT molecular complexity index is 736. The van der Waals surface area contributed by atoms with Crippen molar-refractivity contribution >= 4 is 10.9 Å². The van der Waals surface area contributed by atoms with E-state index in [1.54, 1.807) is 18.2 Å². The Morgan fingerprint density at radius 3 is 2.40 bits per heavy atom. The van der Waals surface area contributed by atoms with Crippen LogP contribution in [-0.2, 0) is 12.8 Å². The molecule has 3 nitrogen and oxygen atoms in total. The van der Waals surface area contributed by atoms with Crippen LogP contribution in [0.1, 0.15) is 11.3 Å². The molecule has 1 heterocycles. The lowest BCUT2D eigenvalue weighted by Gasteiger charge is -2.05. The van der Waals surface area contributed by atoms with Crippen LogP contribution in [-0.4, -0.2) is 15.2 Å². The Morgan fingerprint density at radius 1 is 0.800 bits per heavy atom. The number of rotatable bonds is 3. The van der Waals surface area contributed by atoms with Crippen LogP contribution in [0.4, 0.5) is 0 Å². The first-order chi connectivity index (χ1) is 9.72. The van der Waals surface area contributed by atoms with Crippen LogP contribution >= 0.6 is 0 Å². The van der Waals surface area contributed by atoms with Gasteiger partial charge in [-0.3, -0.25) is 0 Å². The van der Waals surface area contributed by atoms with Crippen molar-refractivity contribution in [1.29, 1.82) is 0 Å². The molecule has 0 bridgehead atoms. The number of para-hydroxylation sites is 1. The summed E-state index contributed by atoms with van der Waals surface area (Å²) >= 11 is 0. The molecule has 0 atom stereocenters. The van der Waals surface area contributed by atoms with E-state index in [0.29, 0.717) is 5.52 Å². The largest absolute Gasteiger partial charge is 0.508 e. The Labute approximate surface area is 117 Å². The van der Waals surface area contributed by atoms with E-state index >= 15 is 0 Å². The topological polar surface area (TPSA) is 53.4 Å². The van der Waals surface area contributed by atoms with Crippen molar-refractivity contribution in [2.75, 3.05) is 0 Å². The molecule has 2 N–H and O–H groups in total. The number of benzene rings is 2. The first-order valence-electron chi connectivity index (χ1n) is 6.58. The summed E-state index contributed by atoms with van der Waals surface area (Å²) in [5.41, 5.74) is 2.75. The van der Waals surface area contributed by atoms with Crippen molar-refractivity contribution in [2.24, 2.45) is 0 Å². The van der Waals surface area contributed by atoms with Crippen LogP contribution in [0.2, 0.25) is 0 Å². The monoisotopic (exact) mass is 265 g/mol. The summed E-state index contributed by atoms with van der Waals surface area (Å²) in [7, 11) is 0. The smallest absolute Gasteiger partial charge is 0.141 e. The van der Waals surface area contributed by atoms with Gasteiger partial charge in [-0.05, 0) is 42.7 Å². The van der Waals surface area contributed by atoms with Gasteiger partial charge in [0.1, 0.15) is 17.0 Å². The number of nitrogens with zero attached hydrogens (tertiary/aromatic N) is 1. The summed E-state index contributed by atoms with van der Waals surface area (Å²) in [6.45, 7) is 0. The van der Waals surface area contributed by atoms with E-state index in [-0.39, 0.29) is 11.5 Å². The first kappa shape index (κ1) is 12.5. The highest BCUT2D eigenvalue weighted by Crippen LogP contribution is 2.22. The minimum absolute atomic E-state index is 0.217. The molecule has 0 aliphatic carbocycles. The number of hydrogen-bond acceptors (Lipinski definition) is 3. The summed E-state index contributed by atoms with van der Waals surface area (Å²) in [5.74, 6) is 0.497. The fourth-order valence-corrected chi connectivity index (χ4v) is 2.25. The zero-order chi connectivity index (χ0) is 13.9. The van der Waals surface area contributed by atoms with Gasteiger partial charge >= 0.3 is 0 Å². The predicted molar refractivity (Wildman–Crippen MR) is 78.9 cm³/mol. The molecule has 1 aromatic heterocycles. The van der Waals surface area contributed by atoms with Crippen molar-refractivity contribution in [1.82, 2.24) is 4.98 Å². The molecule has 20 heavy (non-hydrogen) atoms. The first-order valence-corrected chi connectivity index (χ1v) is 6.58. The summed E-state index contributed by atoms with van der Waals surface area (Å²) < 4.78 is 0. The van der Waals surface area contributed by atoms with Gasteiger partial charge in [-0.15, -0.1) is 0 Å². The van der Waals surface area contributed by atoms with Gasteiger partial charge in [0.2, 0.25) is 0 Å². The predicted octanol–water partition coefficient (Wildman–Crippen LogP) is 3.43. The molecule has 3 heteroatoms. The fourth-order valence-electron chi connectivity index (χ4n) is 2.25. The van der Waals surface area contributed by atoms with Gasteiger partial charge in [0, 0.05) is 11.1 Å². The number of pyridine rings is 1. The number of aryl methyl sites for hydroxylation is 2. The average molecular weight is 265 g/mol. The molecule has 0 radical (unpaired) electrons. The third-order valence-corrected chi connectivity index (χ3v) is 3.36. The quantitative estimate of drug-likeness (QED) is 0.762.